The van der Waals surface area contributed by atoms with Crippen molar-refractivity contribution in [1.82, 2.24) is 0 Å². The van der Waals surface area contributed by atoms with E-state index < -0.39 is 8.80 Å². The van der Waals surface area contributed by atoms with Gasteiger partial charge in [0.2, 0.25) is 0 Å². The number of benzene rings is 3. The number of hydrogen-bond acceptors (Lipinski definition) is 4. The van der Waals surface area contributed by atoms with Crippen LogP contribution >= 0.6 is 0 Å². The largest absolute Gasteiger partial charge is 0.699 e. The molecule has 160 valence electrons. The standard InChI is InChI=1S/C26H28O4Si/c1-4-12-22(13-5-1)28-31(29-23-14-6-2-7-15-23,30-24-16-8-3-9-17-24)21-20-26-19-11-10-18-25(26)27-26/h1-9,12-17,25H,10-11,18-21H2. The first-order valence-electron chi connectivity index (χ1n) is 11.2. The minimum atomic E-state index is -3.20. The monoisotopic (exact) mass is 432 g/mol. The number of epoxide rings is 1. The first-order chi connectivity index (χ1) is 15.3. The van der Waals surface area contributed by atoms with Crippen molar-refractivity contribution in [3.05, 3.63) is 91.0 Å². The zero-order valence-electron chi connectivity index (χ0n) is 17.6. The lowest BCUT2D eigenvalue weighted by Crippen LogP contribution is -2.55. The highest BCUT2D eigenvalue weighted by molar-refractivity contribution is 6.63. The molecule has 1 aliphatic heterocycles. The Morgan fingerprint density at radius 2 is 1.19 bits per heavy atom. The maximum Gasteiger partial charge on any atom is 0.699 e. The summed E-state index contributed by atoms with van der Waals surface area (Å²) in [5, 5.41) is 0. The van der Waals surface area contributed by atoms with Crippen molar-refractivity contribution in [2.75, 3.05) is 0 Å². The fourth-order valence-electron chi connectivity index (χ4n) is 4.47. The van der Waals surface area contributed by atoms with Crippen LogP contribution in [0.4, 0.5) is 0 Å². The molecule has 0 bridgehead atoms. The van der Waals surface area contributed by atoms with Gasteiger partial charge in [-0.2, -0.15) is 0 Å². The number of rotatable bonds is 9. The van der Waals surface area contributed by atoms with E-state index >= 15 is 0 Å². The highest BCUT2D eigenvalue weighted by Gasteiger charge is 2.60. The first-order valence-corrected chi connectivity index (χ1v) is 13.1. The minimum Gasteiger partial charge on any atom is -0.483 e. The first kappa shape index (κ1) is 20.2. The Morgan fingerprint density at radius 3 is 1.65 bits per heavy atom. The Bertz CT molecular complexity index is 865. The summed E-state index contributed by atoms with van der Waals surface area (Å²) in [7, 11) is -3.20. The van der Waals surface area contributed by atoms with E-state index in [0.29, 0.717) is 12.1 Å². The molecule has 0 radical (unpaired) electrons. The average Bonchev–Trinajstić information content (AvgIpc) is 3.55. The summed E-state index contributed by atoms with van der Waals surface area (Å²) in [4.78, 5) is 0. The number of para-hydroxylation sites is 3. The van der Waals surface area contributed by atoms with E-state index in [0.717, 1.165) is 36.5 Å². The number of ether oxygens (including phenoxy) is 1. The van der Waals surface area contributed by atoms with Crippen LogP contribution in [0.3, 0.4) is 0 Å². The van der Waals surface area contributed by atoms with Gasteiger partial charge in [-0.25, -0.2) is 0 Å². The molecule has 3 aromatic carbocycles. The van der Waals surface area contributed by atoms with E-state index in [1.165, 1.54) is 12.8 Å². The molecular formula is C26H28O4Si. The van der Waals surface area contributed by atoms with Crippen molar-refractivity contribution >= 4 is 8.80 Å². The van der Waals surface area contributed by atoms with Gasteiger partial charge in [0.25, 0.3) is 0 Å². The van der Waals surface area contributed by atoms with Crippen LogP contribution in [0.25, 0.3) is 0 Å². The maximum atomic E-state index is 6.60. The second-order valence-corrected chi connectivity index (χ2v) is 10.8. The van der Waals surface area contributed by atoms with E-state index in [1.807, 2.05) is 91.0 Å². The van der Waals surface area contributed by atoms with Crippen LogP contribution in [0.2, 0.25) is 6.04 Å². The molecule has 1 heterocycles. The molecule has 0 aromatic heterocycles. The van der Waals surface area contributed by atoms with E-state index in [2.05, 4.69) is 0 Å². The topological polar surface area (TPSA) is 40.2 Å². The van der Waals surface area contributed by atoms with Gasteiger partial charge in [0, 0.05) is 0 Å². The zero-order chi connectivity index (χ0) is 21.0. The summed E-state index contributed by atoms with van der Waals surface area (Å²) in [5.74, 6) is 2.28. The molecule has 3 aromatic rings. The Morgan fingerprint density at radius 1 is 0.710 bits per heavy atom. The molecule has 1 saturated carbocycles. The fourth-order valence-corrected chi connectivity index (χ4v) is 7.12. The van der Waals surface area contributed by atoms with Crippen molar-refractivity contribution in [1.29, 1.82) is 0 Å². The second kappa shape index (κ2) is 8.77. The lowest BCUT2D eigenvalue weighted by Gasteiger charge is -2.31. The van der Waals surface area contributed by atoms with Crippen LogP contribution in [-0.2, 0) is 4.74 Å². The van der Waals surface area contributed by atoms with Gasteiger partial charge in [-0.1, -0.05) is 67.4 Å². The Labute approximate surface area is 185 Å². The fraction of sp³-hybridized carbons (Fsp3) is 0.308. The van der Waals surface area contributed by atoms with Crippen molar-refractivity contribution in [2.24, 2.45) is 0 Å². The zero-order valence-corrected chi connectivity index (χ0v) is 18.6. The summed E-state index contributed by atoms with van der Waals surface area (Å²) >= 11 is 0. The molecule has 31 heavy (non-hydrogen) atoms. The van der Waals surface area contributed by atoms with E-state index in [9.17, 15) is 0 Å². The molecule has 5 heteroatoms. The maximum absolute atomic E-state index is 6.60. The molecule has 1 aliphatic carbocycles. The average molecular weight is 433 g/mol. The van der Waals surface area contributed by atoms with Gasteiger partial charge in [0.1, 0.15) is 17.2 Å². The van der Waals surface area contributed by atoms with Crippen LogP contribution in [0.15, 0.2) is 91.0 Å². The van der Waals surface area contributed by atoms with E-state index in [4.69, 9.17) is 18.0 Å². The van der Waals surface area contributed by atoms with E-state index in [1.54, 1.807) is 0 Å². The molecule has 2 atom stereocenters. The van der Waals surface area contributed by atoms with Crippen LogP contribution in [-0.4, -0.2) is 20.5 Å². The van der Waals surface area contributed by atoms with Gasteiger partial charge < -0.3 is 18.0 Å². The summed E-state index contributed by atoms with van der Waals surface area (Å²) in [6, 6.07) is 30.2. The molecule has 0 N–H and O–H groups in total. The SMILES string of the molecule is c1ccc(O[Si](CCC23CCCCC2O3)(Oc2ccccc2)Oc2ccccc2)cc1. The predicted octanol–water partition coefficient (Wildman–Crippen LogP) is 6.26. The minimum absolute atomic E-state index is 0.0172. The van der Waals surface area contributed by atoms with Gasteiger partial charge in [-0.05, 0) is 55.7 Å². The molecule has 1 saturated heterocycles. The van der Waals surface area contributed by atoms with Crippen molar-refractivity contribution in [2.45, 2.75) is 49.9 Å². The molecule has 2 fully saturated rings. The van der Waals surface area contributed by atoms with Crippen LogP contribution in [0, 0.1) is 0 Å². The highest BCUT2D eigenvalue weighted by atomic mass is 28.4. The molecule has 0 amide bonds. The molecule has 0 spiro atoms. The predicted molar refractivity (Wildman–Crippen MR) is 122 cm³/mol. The Hall–Kier alpha value is -2.76. The lowest BCUT2D eigenvalue weighted by atomic mass is 9.87. The molecule has 5 rings (SSSR count). The summed E-state index contributed by atoms with van der Waals surface area (Å²) in [5.41, 5.74) is -0.0172. The Balaban J connectivity index is 1.46. The number of fused-ring (bicyclic) bond motifs is 1. The van der Waals surface area contributed by atoms with Crippen molar-refractivity contribution < 1.29 is 18.0 Å². The Kier molecular flexibility index (Phi) is 5.70. The number of hydrogen-bond donors (Lipinski definition) is 0. The quantitative estimate of drug-likeness (QED) is 0.295. The van der Waals surface area contributed by atoms with Crippen LogP contribution < -0.4 is 13.3 Å². The summed E-state index contributed by atoms with van der Waals surface area (Å²) in [6.45, 7) is 0. The summed E-state index contributed by atoms with van der Waals surface area (Å²) in [6.07, 6.45) is 6.03. The third kappa shape index (κ3) is 4.78. The second-order valence-electron chi connectivity index (χ2n) is 8.35. The van der Waals surface area contributed by atoms with Gasteiger partial charge in [-0.15, -0.1) is 0 Å². The highest BCUT2D eigenvalue weighted by Crippen LogP contribution is 2.51. The molecule has 2 aliphatic rings. The van der Waals surface area contributed by atoms with Crippen molar-refractivity contribution in [3.63, 3.8) is 0 Å². The van der Waals surface area contributed by atoms with Gasteiger partial charge >= 0.3 is 8.80 Å². The van der Waals surface area contributed by atoms with Gasteiger partial charge in [0.15, 0.2) is 0 Å². The molecule has 4 nitrogen and oxygen atoms in total. The smallest absolute Gasteiger partial charge is 0.483 e. The van der Waals surface area contributed by atoms with Gasteiger partial charge in [0.05, 0.1) is 17.7 Å². The molecule has 2 unspecified atom stereocenters. The third-order valence-corrected chi connectivity index (χ3v) is 8.63. The normalized spacial score (nSPS) is 22.3. The van der Waals surface area contributed by atoms with Crippen LogP contribution in [0.1, 0.15) is 32.1 Å². The summed E-state index contributed by atoms with van der Waals surface area (Å²) < 4.78 is 26.0. The van der Waals surface area contributed by atoms with E-state index in [-0.39, 0.29) is 5.60 Å². The van der Waals surface area contributed by atoms with Crippen molar-refractivity contribution in [3.8, 4) is 17.2 Å². The lowest BCUT2D eigenvalue weighted by molar-refractivity contribution is 0.235. The third-order valence-electron chi connectivity index (χ3n) is 6.13. The van der Waals surface area contributed by atoms with Crippen LogP contribution in [0.5, 0.6) is 17.2 Å². The molecular weight excluding hydrogens is 404 g/mol. The van der Waals surface area contributed by atoms with Gasteiger partial charge in [-0.3, -0.25) is 0 Å².